The minimum atomic E-state index is -0.197. The number of para-hydroxylation sites is 1. The molecule has 0 saturated carbocycles. The van der Waals surface area contributed by atoms with Crippen LogP contribution >= 0.6 is 15.9 Å². The van der Waals surface area contributed by atoms with E-state index in [0.717, 1.165) is 29.3 Å². The van der Waals surface area contributed by atoms with Gasteiger partial charge >= 0.3 is 0 Å². The van der Waals surface area contributed by atoms with Crippen LogP contribution in [0, 0.1) is 5.82 Å². The molecule has 0 radical (unpaired) electrons. The summed E-state index contributed by atoms with van der Waals surface area (Å²) in [6.07, 6.45) is 3.13. The predicted octanol–water partition coefficient (Wildman–Crippen LogP) is 4.56. The van der Waals surface area contributed by atoms with Crippen LogP contribution in [0.3, 0.4) is 0 Å². The number of halogens is 2. The van der Waals surface area contributed by atoms with E-state index in [0.29, 0.717) is 6.04 Å². The smallest absolute Gasteiger partial charge is 0.124 e. The summed E-state index contributed by atoms with van der Waals surface area (Å²) in [5.41, 5.74) is 3.77. The second kappa shape index (κ2) is 5.33. The third-order valence-electron chi connectivity index (χ3n) is 3.62. The van der Waals surface area contributed by atoms with Crippen LogP contribution in [-0.2, 0) is 12.8 Å². The van der Waals surface area contributed by atoms with E-state index in [1.165, 1.54) is 23.4 Å². The number of anilines is 1. The Balaban J connectivity index is 1.75. The van der Waals surface area contributed by atoms with E-state index in [2.05, 4.69) is 45.5 Å². The van der Waals surface area contributed by atoms with Crippen molar-refractivity contribution in [2.24, 2.45) is 0 Å². The molecule has 1 atom stereocenters. The molecule has 2 aromatic carbocycles. The van der Waals surface area contributed by atoms with E-state index in [4.69, 9.17) is 0 Å². The van der Waals surface area contributed by atoms with Gasteiger partial charge in [-0.15, -0.1) is 0 Å². The highest BCUT2D eigenvalue weighted by Crippen LogP contribution is 2.27. The molecule has 19 heavy (non-hydrogen) atoms. The van der Waals surface area contributed by atoms with E-state index in [-0.39, 0.29) is 5.82 Å². The van der Waals surface area contributed by atoms with Crippen LogP contribution in [0.2, 0.25) is 0 Å². The zero-order valence-corrected chi connectivity index (χ0v) is 12.1. The number of hydrogen-bond donors (Lipinski definition) is 1. The lowest BCUT2D eigenvalue weighted by atomic mass is 9.94. The van der Waals surface area contributed by atoms with Crippen LogP contribution < -0.4 is 5.32 Å². The summed E-state index contributed by atoms with van der Waals surface area (Å²) in [5, 5.41) is 3.57. The molecular formula is C16H15BrFN. The predicted molar refractivity (Wildman–Crippen MR) is 80.0 cm³/mol. The van der Waals surface area contributed by atoms with Crippen molar-refractivity contribution in [3.8, 4) is 0 Å². The van der Waals surface area contributed by atoms with Crippen LogP contribution in [0.25, 0.3) is 0 Å². The lowest BCUT2D eigenvalue weighted by molar-refractivity contribution is 0.615. The first kappa shape index (κ1) is 12.7. The minimum absolute atomic E-state index is 0.197. The van der Waals surface area contributed by atoms with Gasteiger partial charge in [0.05, 0.1) is 0 Å². The number of aryl methyl sites for hydroxylation is 1. The van der Waals surface area contributed by atoms with Crippen LogP contribution in [0.4, 0.5) is 10.1 Å². The van der Waals surface area contributed by atoms with Gasteiger partial charge in [-0.3, -0.25) is 0 Å². The molecule has 1 unspecified atom stereocenters. The Morgan fingerprint density at radius 3 is 2.89 bits per heavy atom. The first-order valence-electron chi connectivity index (χ1n) is 6.51. The molecule has 3 heteroatoms. The Labute approximate surface area is 121 Å². The molecule has 0 bridgehead atoms. The lowest BCUT2D eigenvalue weighted by Crippen LogP contribution is -2.27. The molecule has 0 aromatic heterocycles. The minimum Gasteiger partial charge on any atom is -0.382 e. The number of fused-ring (bicyclic) bond motifs is 1. The van der Waals surface area contributed by atoms with Crippen LogP contribution in [0.1, 0.15) is 17.5 Å². The van der Waals surface area contributed by atoms with Gasteiger partial charge in [0.1, 0.15) is 5.82 Å². The quantitative estimate of drug-likeness (QED) is 0.855. The molecule has 0 amide bonds. The maximum absolute atomic E-state index is 13.1. The van der Waals surface area contributed by atoms with Crippen molar-refractivity contribution >= 4 is 21.6 Å². The maximum Gasteiger partial charge on any atom is 0.124 e. The van der Waals surface area contributed by atoms with Gasteiger partial charge in [-0.25, -0.2) is 4.39 Å². The van der Waals surface area contributed by atoms with Gasteiger partial charge in [-0.2, -0.15) is 0 Å². The lowest BCUT2D eigenvalue weighted by Gasteiger charge is -2.27. The van der Waals surface area contributed by atoms with E-state index in [1.54, 1.807) is 0 Å². The van der Waals surface area contributed by atoms with Gasteiger partial charge in [0.2, 0.25) is 0 Å². The SMILES string of the molecule is Fc1ccc(CC2CCc3ccccc3N2)c(Br)c1. The second-order valence-corrected chi connectivity index (χ2v) is 5.83. The summed E-state index contributed by atoms with van der Waals surface area (Å²) in [6.45, 7) is 0. The van der Waals surface area contributed by atoms with Crippen molar-refractivity contribution < 1.29 is 4.39 Å². The van der Waals surface area contributed by atoms with Crippen molar-refractivity contribution in [1.29, 1.82) is 0 Å². The standard InChI is InChI=1S/C16H15BrFN/c17-15-10-13(18)7-5-12(15)9-14-8-6-11-3-1-2-4-16(11)19-14/h1-5,7,10,14,19H,6,8-9H2. The fourth-order valence-corrected chi connectivity index (χ4v) is 3.12. The Morgan fingerprint density at radius 2 is 2.05 bits per heavy atom. The van der Waals surface area contributed by atoms with E-state index in [1.807, 2.05) is 6.07 Å². The first-order valence-corrected chi connectivity index (χ1v) is 7.30. The molecule has 0 saturated heterocycles. The molecule has 1 aliphatic rings. The van der Waals surface area contributed by atoms with Gasteiger partial charge in [0.15, 0.2) is 0 Å². The van der Waals surface area contributed by atoms with Gasteiger partial charge in [-0.1, -0.05) is 40.2 Å². The summed E-state index contributed by atoms with van der Waals surface area (Å²) in [7, 11) is 0. The molecule has 0 aliphatic carbocycles. The topological polar surface area (TPSA) is 12.0 Å². The van der Waals surface area contributed by atoms with E-state index < -0.39 is 0 Å². The fourth-order valence-electron chi connectivity index (χ4n) is 2.61. The summed E-state index contributed by atoms with van der Waals surface area (Å²) in [5.74, 6) is -0.197. The number of hydrogen-bond acceptors (Lipinski definition) is 1. The van der Waals surface area contributed by atoms with Crippen molar-refractivity contribution in [3.05, 3.63) is 63.9 Å². The fraction of sp³-hybridized carbons (Fsp3) is 0.250. The highest BCUT2D eigenvalue weighted by atomic mass is 79.9. The van der Waals surface area contributed by atoms with E-state index in [9.17, 15) is 4.39 Å². The van der Waals surface area contributed by atoms with Crippen molar-refractivity contribution in [2.45, 2.75) is 25.3 Å². The van der Waals surface area contributed by atoms with Gasteiger partial charge in [0.25, 0.3) is 0 Å². The van der Waals surface area contributed by atoms with Crippen LogP contribution in [-0.4, -0.2) is 6.04 Å². The summed E-state index contributed by atoms with van der Waals surface area (Å²) < 4.78 is 13.9. The molecule has 3 rings (SSSR count). The third kappa shape index (κ3) is 2.81. The molecule has 0 spiro atoms. The zero-order chi connectivity index (χ0) is 13.2. The molecule has 1 heterocycles. The Kier molecular flexibility index (Phi) is 3.56. The van der Waals surface area contributed by atoms with Gasteiger partial charge in [0, 0.05) is 16.2 Å². The average Bonchev–Trinajstić information content (AvgIpc) is 2.42. The highest BCUT2D eigenvalue weighted by molar-refractivity contribution is 9.10. The highest BCUT2D eigenvalue weighted by Gasteiger charge is 2.18. The average molecular weight is 320 g/mol. The Morgan fingerprint density at radius 1 is 1.21 bits per heavy atom. The summed E-state index contributed by atoms with van der Waals surface area (Å²) in [4.78, 5) is 0. The van der Waals surface area contributed by atoms with E-state index >= 15 is 0 Å². The van der Waals surface area contributed by atoms with Crippen molar-refractivity contribution in [3.63, 3.8) is 0 Å². The largest absolute Gasteiger partial charge is 0.382 e. The zero-order valence-electron chi connectivity index (χ0n) is 10.5. The Bertz CT molecular complexity index is 597. The molecular weight excluding hydrogens is 305 g/mol. The number of benzene rings is 2. The Hall–Kier alpha value is -1.35. The third-order valence-corrected chi connectivity index (χ3v) is 4.36. The summed E-state index contributed by atoms with van der Waals surface area (Å²) >= 11 is 3.44. The number of nitrogens with one attached hydrogen (secondary N) is 1. The maximum atomic E-state index is 13.1. The first-order chi connectivity index (χ1) is 9.22. The summed E-state index contributed by atoms with van der Waals surface area (Å²) in [6, 6.07) is 13.8. The van der Waals surface area contributed by atoms with Crippen molar-refractivity contribution in [2.75, 3.05) is 5.32 Å². The van der Waals surface area contributed by atoms with Gasteiger partial charge < -0.3 is 5.32 Å². The van der Waals surface area contributed by atoms with Crippen molar-refractivity contribution in [1.82, 2.24) is 0 Å². The van der Waals surface area contributed by atoms with Gasteiger partial charge in [-0.05, 0) is 48.6 Å². The molecule has 1 N–H and O–H groups in total. The monoisotopic (exact) mass is 319 g/mol. The second-order valence-electron chi connectivity index (χ2n) is 4.98. The molecule has 98 valence electrons. The molecule has 0 fully saturated rings. The normalized spacial score (nSPS) is 17.7. The number of rotatable bonds is 2. The molecule has 2 aromatic rings. The molecule has 1 aliphatic heterocycles. The van der Waals surface area contributed by atoms with Crippen LogP contribution in [0.5, 0.6) is 0 Å². The van der Waals surface area contributed by atoms with Crippen LogP contribution in [0.15, 0.2) is 46.9 Å². The molecule has 1 nitrogen and oxygen atoms in total.